The van der Waals surface area contributed by atoms with Gasteiger partial charge in [0, 0.05) is 44.6 Å². The van der Waals surface area contributed by atoms with Crippen LogP contribution in [0.5, 0.6) is 0 Å². The minimum Gasteiger partial charge on any atom is -0.341 e. The van der Waals surface area contributed by atoms with Crippen molar-refractivity contribution in [3.63, 3.8) is 0 Å². The van der Waals surface area contributed by atoms with Crippen LogP contribution in [-0.4, -0.2) is 58.1 Å². The van der Waals surface area contributed by atoms with Gasteiger partial charge in [-0.25, -0.2) is 0 Å². The van der Waals surface area contributed by atoms with Gasteiger partial charge in [-0.05, 0) is 19.8 Å². The lowest BCUT2D eigenvalue weighted by atomic mass is 9.70. The van der Waals surface area contributed by atoms with E-state index in [1.54, 1.807) is 6.92 Å². The second-order valence-electron chi connectivity index (χ2n) is 7.34. The fraction of sp³-hybridized carbons (Fsp3) is 0.812. The fourth-order valence-corrected chi connectivity index (χ4v) is 4.61. The first kappa shape index (κ1) is 14.2. The van der Waals surface area contributed by atoms with Crippen molar-refractivity contribution in [3.05, 3.63) is 11.7 Å². The van der Waals surface area contributed by atoms with Crippen LogP contribution in [0.25, 0.3) is 0 Å². The summed E-state index contributed by atoms with van der Waals surface area (Å²) in [5, 5.41) is 3.95. The number of amides is 1. The lowest BCUT2D eigenvalue weighted by Crippen LogP contribution is -2.62. The van der Waals surface area contributed by atoms with Crippen LogP contribution < -0.4 is 0 Å². The molecule has 1 atom stereocenters. The minimum atomic E-state index is 0.118. The van der Waals surface area contributed by atoms with Crippen molar-refractivity contribution in [2.75, 3.05) is 26.2 Å². The molecule has 3 aliphatic rings. The van der Waals surface area contributed by atoms with Crippen molar-refractivity contribution >= 4 is 5.91 Å². The maximum atomic E-state index is 11.8. The zero-order chi connectivity index (χ0) is 15.3. The van der Waals surface area contributed by atoms with Crippen LogP contribution in [0.4, 0.5) is 0 Å². The van der Waals surface area contributed by atoms with Gasteiger partial charge in [0.2, 0.25) is 11.8 Å². The van der Waals surface area contributed by atoms with Gasteiger partial charge in [-0.3, -0.25) is 9.69 Å². The molecule has 1 amide bonds. The Morgan fingerprint density at radius 2 is 2.00 bits per heavy atom. The van der Waals surface area contributed by atoms with Crippen LogP contribution in [-0.2, 0) is 4.79 Å². The van der Waals surface area contributed by atoms with Gasteiger partial charge >= 0.3 is 0 Å². The molecule has 6 heteroatoms. The minimum absolute atomic E-state index is 0.118. The molecule has 0 radical (unpaired) electrons. The van der Waals surface area contributed by atoms with Crippen LogP contribution in [0.15, 0.2) is 4.52 Å². The second-order valence-corrected chi connectivity index (χ2v) is 7.34. The van der Waals surface area contributed by atoms with Crippen molar-refractivity contribution in [2.45, 2.75) is 51.5 Å². The summed E-state index contributed by atoms with van der Waals surface area (Å²) in [7, 11) is 0. The lowest BCUT2D eigenvalue weighted by Gasteiger charge is -2.52. The zero-order valence-electron chi connectivity index (χ0n) is 13.4. The Bertz CT molecular complexity index is 572. The SMILES string of the molecule is CC(=O)N1CC(c2nc(C)no2)C2(C1)CN(C1CCCC1)C2. The van der Waals surface area contributed by atoms with E-state index in [0.717, 1.165) is 32.2 Å². The van der Waals surface area contributed by atoms with E-state index in [4.69, 9.17) is 4.52 Å². The topological polar surface area (TPSA) is 62.5 Å². The lowest BCUT2D eigenvalue weighted by molar-refractivity contribution is -0.129. The Hall–Kier alpha value is -1.43. The number of carbonyl (C=O) groups is 1. The first-order valence-electron chi connectivity index (χ1n) is 8.37. The molecule has 2 saturated heterocycles. The van der Waals surface area contributed by atoms with Crippen molar-refractivity contribution in [3.8, 4) is 0 Å². The van der Waals surface area contributed by atoms with E-state index < -0.39 is 0 Å². The highest BCUT2D eigenvalue weighted by atomic mass is 16.5. The summed E-state index contributed by atoms with van der Waals surface area (Å²) in [6, 6.07) is 0.752. The molecule has 1 aromatic heterocycles. The third-order valence-corrected chi connectivity index (χ3v) is 5.81. The van der Waals surface area contributed by atoms with Gasteiger partial charge in [0.25, 0.3) is 0 Å². The molecule has 4 rings (SSSR count). The number of aromatic nitrogens is 2. The molecule has 0 bridgehead atoms. The summed E-state index contributed by atoms with van der Waals surface area (Å²) in [6.07, 6.45) is 5.38. The number of hydrogen-bond acceptors (Lipinski definition) is 5. The highest BCUT2D eigenvalue weighted by molar-refractivity contribution is 5.74. The van der Waals surface area contributed by atoms with Gasteiger partial charge in [0.05, 0.1) is 5.92 Å². The molecule has 1 spiro atoms. The predicted octanol–water partition coefficient (Wildman–Crippen LogP) is 1.57. The molecule has 1 aromatic rings. The highest BCUT2D eigenvalue weighted by Crippen LogP contribution is 2.50. The zero-order valence-corrected chi connectivity index (χ0v) is 13.4. The number of likely N-dealkylation sites (tertiary alicyclic amines) is 2. The molecule has 1 saturated carbocycles. The van der Waals surface area contributed by atoms with E-state index in [1.807, 2.05) is 11.8 Å². The van der Waals surface area contributed by atoms with Crippen LogP contribution in [0.1, 0.15) is 50.2 Å². The number of nitrogens with zero attached hydrogens (tertiary/aromatic N) is 4. The van der Waals surface area contributed by atoms with Crippen molar-refractivity contribution in [1.29, 1.82) is 0 Å². The first-order valence-corrected chi connectivity index (χ1v) is 8.37. The first-order chi connectivity index (χ1) is 10.6. The van der Waals surface area contributed by atoms with Crippen LogP contribution >= 0.6 is 0 Å². The summed E-state index contributed by atoms with van der Waals surface area (Å²) >= 11 is 0. The van der Waals surface area contributed by atoms with E-state index in [0.29, 0.717) is 11.7 Å². The molecule has 0 N–H and O–H groups in total. The Labute approximate surface area is 130 Å². The van der Waals surface area contributed by atoms with Gasteiger partial charge < -0.3 is 9.42 Å². The van der Waals surface area contributed by atoms with Gasteiger partial charge in [-0.1, -0.05) is 18.0 Å². The Morgan fingerprint density at radius 1 is 1.27 bits per heavy atom. The third kappa shape index (κ3) is 2.16. The average Bonchev–Trinajstić information content (AvgIpc) is 3.14. The molecule has 1 unspecified atom stereocenters. The molecule has 22 heavy (non-hydrogen) atoms. The number of aryl methyl sites for hydroxylation is 1. The summed E-state index contributed by atoms with van der Waals surface area (Å²) in [6.45, 7) is 7.18. The highest BCUT2D eigenvalue weighted by Gasteiger charge is 2.58. The van der Waals surface area contributed by atoms with E-state index in [1.165, 1.54) is 25.7 Å². The molecule has 3 heterocycles. The molecule has 0 aromatic carbocycles. The summed E-state index contributed by atoms with van der Waals surface area (Å²) in [4.78, 5) is 20.8. The maximum Gasteiger partial charge on any atom is 0.232 e. The predicted molar refractivity (Wildman–Crippen MR) is 80.3 cm³/mol. The number of carbonyl (C=O) groups excluding carboxylic acids is 1. The fourth-order valence-electron chi connectivity index (χ4n) is 4.61. The molecular formula is C16H24N4O2. The summed E-state index contributed by atoms with van der Waals surface area (Å²) in [5.41, 5.74) is 0.118. The van der Waals surface area contributed by atoms with Crippen molar-refractivity contribution in [2.24, 2.45) is 5.41 Å². The smallest absolute Gasteiger partial charge is 0.232 e. The van der Waals surface area contributed by atoms with Gasteiger partial charge in [0.15, 0.2) is 5.82 Å². The standard InChI is InChI=1S/C16H24N4O2/c1-11-17-15(22-18-11)14-7-19(12(2)21)8-16(14)9-20(10-16)13-5-3-4-6-13/h13-14H,3-10H2,1-2H3. The quantitative estimate of drug-likeness (QED) is 0.830. The van der Waals surface area contributed by atoms with Gasteiger partial charge in [-0.2, -0.15) is 4.98 Å². The Morgan fingerprint density at radius 3 is 2.59 bits per heavy atom. The molecular weight excluding hydrogens is 280 g/mol. The van der Waals surface area contributed by atoms with Gasteiger partial charge in [-0.15, -0.1) is 0 Å². The largest absolute Gasteiger partial charge is 0.341 e. The van der Waals surface area contributed by atoms with E-state index in [9.17, 15) is 4.79 Å². The normalized spacial score (nSPS) is 28.5. The summed E-state index contributed by atoms with van der Waals surface area (Å²) in [5.74, 6) is 1.73. The van der Waals surface area contributed by atoms with Crippen LogP contribution in [0, 0.1) is 12.3 Å². The van der Waals surface area contributed by atoms with E-state index >= 15 is 0 Å². The Kier molecular flexibility index (Phi) is 3.25. The van der Waals surface area contributed by atoms with Crippen molar-refractivity contribution < 1.29 is 9.32 Å². The van der Waals surface area contributed by atoms with E-state index in [-0.39, 0.29) is 17.2 Å². The average molecular weight is 304 g/mol. The Balaban J connectivity index is 1.55. The van der Waals surface area contributed by atoms with Crippen molar-refractivity contribution in [1.82, 2.24) is 19.9 Å². The van der Waals surface area contributed by atoms with Crippen LogP contribution in [0.3, 0.4) is 0 Å². The van der Waals surface area contributed by atoms with E-state index in [2.05, 4.69) is 15.0 Å². The second kappa shape index (κ2) is 5.05. The molecule has 120 valence electrons. The third-order valence-electron chi connectivity index (χ3n) is 5.81. The van der Waals surface area contributed by atoms with Gasteiger partial charge in [0.1, 0.15) is 0 Å². The molecule has 6 nitrogen and oxygen atoms in total. The monoisotopic (exact) mass is 304 g/mol. The molecule has 3 fully saturated rings. The number of hydrogen-bond donors (Lipinski definition) is 0. The summed E-state index contributed by atoms with van der Waals surface area (Å²) < 4.78 is 5.45. The maximum absolute atomic E-state index is 11.8. The molecule has 1 aliphatic carbocycles. The van der Waals surface area contributed by atoms with Crippen LogP contribution in [0.2, 0.25) is 0 Å². The molecule has 2 aliphatic heterocycles. The number of rotatable bonds is 2.